The van der Waals surface area contributed by atoms with E-state index in [2.05, 4.69) is 15.0 Å². The Labute approximate surface area is 106 Å². The Morgan fingerprint density at radius 1 is 1.00 bits per heavy atom. The van der Waals surface area contributed by atoms with Gasteiger partial charge in [-0.2, -0.15) is 13.2 Å². The molecule has 0 bridgehead atoms. The van der Waals surface area contributed by atoms with Crippen molar-refractivity contribution in [2.75, 3.05) is 0 Å². The number of nitrogens with zero attached hydrogens (tertiary/aromatic N) is 2. The highest BCUT2D eigenvalue weighted by atomic mass is 19.4. The number of aromatic nitrogens is 3. The summed E-state index contributed by atoms with van der Waals surface area (Å²) in [5, 5.41) is 0.828. The van der Waals surface area contributed by atoms with E-state index in [-0.39, 0.29) is 0 Å². The van der Waals surface area contributed by atoms with Crippen LogP contribution in [0.25, 0.3) is 22.3 Å². The van der Waals surface area contributed by atoms with Crippen LogP contribution in [0.5, 0.6) is 0 Å². The maximum atomic E-state index is 12.5. The summed E-state index contributed by atoms with van der Waals surface area (Å²) in [5.74, 6) is 0. The van der Waals surface area contributed by atoms with Gasteiger partial charge in [0, 0.05) is 29.5 Å². The Hall–Kier alpha value is -2.37. The van der Waals surface area contributed by atoms with E-state index in [4.69, 9.17) is 0 Å². The van der Waals surface area contributed by atoms with Crippen LogP contribution in [-0.2, 0) is 6.18 Å². The second kappa shape index (κ2) is 4.08. The highest BCUT2D eigenvalue weighted by Crippen LogP contribution is 2.31. The van der Waals surface area contributed by atoms with Gasteiger partial charge in [-0.1, -0.05) is 0 Å². The summed E-state index contributed by atoms with van der Waals surface area (Å²) in [7, 11) is 0. The van der Waals surface area contributed by atoms with Crippen molar-refractivity contribution < 1.29 is 13.2 Å². The molecular weight excluding hydrogens is 255 g/mol. The standard InChI is InChI=1S/C13H8F3N3/c14-13(15,16)8-1-2-11(19-7-8)9-3-5-17-12-10(9)4-6-18-12/h1-7H,(H,17,18). The van der Waals surface area contributed by atoms with Gasteiger partial charge in [0.2, 0.25) is 0 Å². The number of hydrogen-bond donors (Lipinski definition) is 1. The molecule has 0 aromatic carbocycles. The maximum Gasteiger partial charge on any atom is 0.417 e. The molecule has 0 radical (unpaired) electrons. The Morgan fingerprint density at radius 2 is 1.84 bits per heavy atom. The third-order valence-electron chi connectivity index (χ3n) is 2.83. The van der Waals surface area contributed by atoms with Crippen LogP contribution in [0, 0.1) is 0 Å². The molecule has 3 nitrogen and oxygen atoms in total. The number of halogens is 3. The lowest BCUT2D eigenvalue weighted by molar-refractivity contribution is -0.137. The molecule has 6 heteroatoms. The van der Waals surface area contributed by atoms with Crippen molar-refractivity contribution in [3.05, 3.63) is 48.4 Å². The van der Waals surface area contributed by atoms with Crippen LogP contribution in [0.3, 0.4) is 0 Å². The molecule has 0 saturated carbocycles. The first-order valence-corrected chi connectivity index (χ1v) is 5.51. The minimum Gasteiger partial charge on any atom is -0.346 e. The van der Waals surface area contributed by atoms with E-state index in [1.165, 1.54) is 6.07 Å². The molecule has 3 aromatic rings. The molecule has 0 spiro atoms. The van der Waals surface area contributed by atoms with E-state index in [0.29, 0.717) is 11.3 Å². The number of fused-ring (bicyclic) bond motifs is 1. The summed E-state index contributed by atoms with van der Waals surface area (Å²) in [4.78, 5) is 11.0. The summed E-state index contributed by atoms with van der Waals surface area (Å²) in [6, 6.07) is 5.94. The average Bonchev–Trinajstić information content (AvgIpc) is 2.86. The molecule has 0 unspecified atom stereocenters. The van der Waals surface area contributed by atoms with Crippen LogP contribution in [0.4, 0.5) is 13.2 Å². The summed E-state index contributed by atoms with van der Waals surface area (Å²) < 4.78 is 37.4. The van der Waals surface area contributed by atoms with Crippen LogP contribution in [0.15, 0.2) is 42.9 Å². The molecule has 1 N–H and O–H groups in total. The minimum absolute atomic E-state index is 0.486. The van der Waals surface area contributed by atoms with Crippen molar-refractivity contribution in [2.45, 2.75) is 6.18 Å². The fraction of sp³-hybridized carbons (Fsp3) is 0.0769. The van der Waals surface area contributed by atoms with Crippen molar-refractivity contribution in [3.8, 4) is 11.3 Å². The van der Waals surface area contributed by atoms with Crippen molar-refractivity contribution in [3.63, 3.8) is 0 Å². The van der Waals surface area contributed by atoms with Crippen molar-refractivity contribution in [1.82, 2.24) is 15.0 Å². The van der Waals surface area contributed by atoms with Crippen LogP contribution >= 0.6 is 0 Å². The van der Waals surface area contributed by atoms with E-state index in [9.17, 15) is 13.2 Å². The van der Waals surface area contributed by atoms with Crippen molar-refractivity contribution >= 4 is 11.0 Å². The fourth-order valence-corrected chi connectivity index (χ4v) is 1.91. The van der Waals surface area contributed by atoms with Gasteiger partial charge in [-0.25, -0.2) is 4.98 Å². The number of nitrogens with one attached hydrogen (secondary N) is 1. The fourth-order valence-electron chi connectivity index (χ4n) is 1.91. The average molecular weight is 263 g/mol. The summed E-state index contributed by atoms with van der Waals surface area (Å²) in [5.41, 5.74) is 1.16. The highest BCUT2D eigenvalue weighted by Gasteiger charge is 2.30. The zero-order valence-electron chi connectivity index (χ0n) is 9.57. The molecule has 96 valence electrons. The van der Waals surface area contributed by atoms with Gasteiger partial charge in [-0.3, -0.25) is 4.98 Å². The predicted molar refractivity (Wildman–Crippen MR) is 64.3 cm³/mol. The van der Waals surface area contributed by atoms with Gasteiger partial charge in [-0.15, -0.1) is 0 Å². The molecule has 0 amide bonds. The number of rotatable bonds is 1. The van der Waals surface area contributed by atoms with Gasteiger partial charge >= 0.3 is 6.18 Å². The first-order chi connectivity index (χ1) is 9.05. The van der Waals surface area contributed by atoms with E-state index < -0.39 is 11.7 Å². The Kier molecular flexibility index (Phi) is 2.51. The lowest BCUT2D eigenvalue weighted by Gasteiger charge is -2.07. The molecule has 0 fully saturated rings. The van der Waals surface area contributed by atoms with Gasteiger partial charge in [-0.05, 0) is 24.3 Å². The van der Waals surface area contributed by atoms with Crippen LogP contribution in [0.2, 0.25) is 0 Å². The first-order valence-electron chi connectivity index (χ1n) is 5.51. The largest absolute Gasteiger partial charge is 0.417 e. The van der Waals surface area contributed by atoms with Gasteiger partial charge in [0.05, 0.1) is 11.3 Å². The smallest absolute Gasteiger partial charge is 0.346 e. The molecule has 0 aliphatic heterocycles. The Balaban J connectivity index is 2.10. The zero-order chi connectivity index (χ0) is 13.5. The van der Waals surface area contributed by atoms with Crippen LogP contribution in [0.1, 0.15) is 5.56 Å². The van der Waals surface area contributed by atoms with Crippen LogP contribution < -0.4 is 0 Å². The maximum absolute atomic E-state index is 12.5. The molecule has 3 aromatic heterocycles. The summed E-state index contributed by atoms with van der Waals surface area (Å²) >= 11 is 0. The van der Waals surface area contributed by atoms with Gasteiger partial charge in [0.15, 0.2) is 0 Å². The monoisotopic (exact) mass is 263 g/mol. The topological polar surface area (TPSA) is 41.6 Å². The summed E-state index contributed by atoms with van der Waals surface area (Å²) in [6.07, 6.45) is -0.208. The van der Waals surface area contributed by atoms with E-state index in [1.807, 2.05) is 6.07 Å². The molecule has 0 atom stereocenters. The van der Waals surface area contributed by atoms with Gasteiger partial charge in [0.1, 0.15) is 5.65 Å². The third kappa shape index (κ3) is 2.05. The first kappa shape index (κ1) is 11.7. The Bertz CT molecular complexity index is 714. The number of pyridine rings is 2. The van der Waals surface area contributed by atoms with Crippen molar-refractivity contribution in [1.29, 1.82) is 0 Å². The van der Waals surface area contributed by atoms with Crippen LogP contribution in [-0.4, -0.2) is 15.0 Å². The Morgan fingerprint density at radius 3 is 2.53 bits per heavy atom. The van der Waals surface area contributed by atoms with E-state index in [0.717, 1.165) is 23.2 Å². The van der Waals surface area contributed by atoms with Gasteiger partial charge in [0.25, 0.3) is 0 Å². The van der Waals surface area contributed by atoms with Gasteiger partial charge < -0.3 is 4.98 Å². The molecule has 19 heavy (non-hydrogen) atoms. The number of hydrogen-bond acceptors (Lipinski definition) is 2. The predicted octanol–water partition coefficient (Wildman–Crippen LogP) is 3.64. The molecule has 0 aliphatic rings. The normalized spacial score (nSPS) is 11.9. The zero-order valence-corrected chi connectivity index (χ0v) is 9.57. The third-order valence-corrected chi connectivity index (χ3v) is 2.83. The molecule has 0 saturated heterocycles. The quantitative estimate of drug-likeness (QED) is 0.728. The molecule has 3 heterocycles. The SMILES string of the molecule is FC(F)(F)c1ccc(-c2ccnc3[nH]ccc23)nc1. The second-order valence-corrected chi connectivity index (χ2v) is 4.03. The number of alkyl halides is 3. The molecule has 3 rings (SSSR count). The molecule has 0 aliphatic carbocycles. The number of H-pyrrole nitrogens is 1. The lowest BCUT2D eigenvalue weighted by atomic mass is 10.1. The van der Waals surface area contributed by atoms with E-state index >= 15 is 0 Å². The molecular formula is C13H8F3N3. The highest BCUT2D eigenvalue weighted by molar-refractivity contribution is 5.91. The lowest BCUT2D eigenvalue weighted by Crippen LogP contribution is -2.05. The number of aromatic amines is 1. The minimum atomic E-state index is -4.37. The summed E-state index contributed by atoms with van der Waals surface area (Å²) in [6.45, 7) is 0. The van der Waals surface area contributed by atoms with Crippen molar-refractivity contribution in [2.24, 2.45) is 0 Å². The second-order valence-electron chi connectivity index (χ2n) is 4.03. The van der Waals surface area contributed by atoms with E-state index in [1.54, 1.807) is 18.5 Å².